The van der Waals surface area contributed by atoms with Gasteiger partial charge in [0, 0.05) is 6.54 Å². The van der Waals surface area contributed by atoms with Crippen molar-refractivity contribution in [2.45, 2.75) is 26.4 Å². The van der Waals surface area contributed by atoms with Crippen LogP contribution < -0.4 is 10.1 Å². The molecule has 0 saturated heterocycles. The monoisotopic (exact) mass is 241 g/mol. The summed E-state index contributed by atoms with van der Waals surface area (Å²) in [6, 6.07) is 7.14. The van der Waals surface area contributed by atoms with Crippen LogP contribution in [0, 0.1) is 0 Å². The van der Waals surface area contributed by atoms with Gasteiger partial charge in [0.05, 0.1) is 5.02 Å². The van der Waals surface area contributed by atoms with E-state index in [2.05, 4.69) is 5.32 Å². The zero-order chi connectivity index (χ0) is 12.0. The van der Waals surface area contributed by atoms with Crippen molar-refractivity contribution in [2.24, 2.45) is 0 Å². The van der Waals surface area contributed by atoms with E-state index in [-0.39, 0.29) is 5.91 Å². The number of nitrogens with one attached hydrogen (secondary N) is 1. The minimum Gasteiger partial charge on any atom is -0.479 e. The molecule has 88 valence electrons. The summed E-state index contributed by atoms with van der Waals surface area (Å²) in [5, 5.41) is 3.25. The van der Waals surface area contributed by atoms with Gasteiger partial charge in [-0.1, -0.05) is 30.7 Å². The quantitative estimate of drug-likeness (QED) is 0.861. The van der Waals surface area contributed by atoms with Crippen molar-refractivity contribution in [3.05, 3.63) is 29.3 Å². The van der Waals surface area contributed by atoms with Crippen LogP contribution in [0.25, 0.3) is 0 Å². The first kappa shape index (κ1) is 12.8. The van der Waals surface area contributed by atoms with Crippen LogP contribution in [0.1, 0.15) is 20.3 Å². The number of halogens is 1. The SMILES string of the molecule is CCNC(=O)[C@@H](CC)Oc1ccccc1Cl. The lowest BCUT2D eigenvalue weighted by molar-refractivity contribution is -0.128. The zero-order valence-electron chi connectivity index (χ0n) is 9.50. The number of carbonyl (C=O) groups is 1. The summed E-state index contributed by atoms with van der Waals surface area (Å²) in [6.07, 6.45) is 0.122. The van der Waals surface area contributed by atoms with Crippen molar-refractivity contribution in [3.63, 3.8) is 0 Å². The molecule has 0 spiro atoms. The van der Waals surface area contributed by atoms with Crippen LogP contribution in [0.2, 0.25) is 5.02 Å². The summed E-state index contributed by atoms with van der Waals surface area (Å²) < 4.78 is 5.56. The van der Waals surface area contributed by atoms with Crippen LogP contribution in [0.15, 0.2) is 24.3 Å². The summed E-state index contributed by atoms with van der Waals surface area (Å²) in [4.78, 5) is 11.6. The Hall–Kier alpha value is -1.22. The number of rotatable bonds is 5. The highest BCUT2D eigenvalue weighted by Gasteiger charge is 2.18. The van der Waals surface area contributed by atoms with E-state index in [1.165, 1.54) is 0 Å². The van der Waals surface area contributed by atoms with E-state index < -0.39 is 6.10 Å². The molecule has 0 aliphatic rings. The van der Waals surface area contributed by atoms with Crippen molar-refractivity contribution < 1.29 is 9.53 Å². The number of para-hydroxylation sites is 1. The van der Waals surface area contributed by atoms with Crippen LogP contribution in [0.5, 0.6) is 5.75 Å². The summed E-state index contributed by atoms with van der Waals surface area (Å²) in [5.41, 5.74) is 0. The molecule has 0 saturated carbocycles. The summed E-state index contributed by atoms with van der Waals surface area (Å²) in [5.74, 6) is 0.437. The highest BCUT2D eigenvalue weighted by Crippen LogP contribution is 2.24. The number of ether oxygens (including phenoxy) is 1. The van der Waals surface area contributed by atoms with Gasteiger partial charge < -0.3 is 10.1 Å². The zero-order valence-corrected chi connectivity index (χ0v) is 10.3. The Morgan fingerprint density at radius 1 is 1.44 bits per heavy atom. The Morgan fingerprint density at radius 2 is 2.12 bits per heavy atom. The summed E-state index contributed by atoms with van der Waals surface area (Å²) >= 11 is 5.95. The average molecular weight is 242 g/mol. The number of hydrogen-bond donors (Lipinski definition) is 1. The molecule has 0 aliphatic heterocycles. The molecule has 4 heteroatoms. The first-order valence-corrected chi connectivity index (χ1v) is 5.75. The molecular weight excluding hydrogens is 226 g/mol. The third-order valence-corrected chi connectivity index (χ3v) is 2.43. The Kier molecular flexibility index (Phi) is 5.12. The highest BCUT2D eigenvalue weighted by atomic mass is 35.5. The first-order chi connectivity index (χ1) is 7.69. The van der Waals surface area contributed by atoms with E-state index >= 15 is 0 Å². The van der Waals surface area contributed by atoms with Crippen LogP contribution in [-0.4, -0.2) is 18.6 Å². The first-order valence-electron chi connectivity index (χ1n) is 5.37. The second kappa shape index (κ2) is 6.38. The van der Waals surface area contributed by atoms with E-state index in [9.17, 15) is 4.79 Å². The molecule has 0 heterocycles. The normalized spacial score (nSPS) is 11.9. The minimum atomic E-state index is -0.486. The lowest BCUT2D eigenvalue weighted by Crippen LogP contribution is -2.37. The van der Waals surface area contributed by atoms with Gasteiger partial charge in [0.25, 0.3) is 5.91 Å². The molecule has 16 heavy (non-hydrogen) atoms. The van der Waals surface area contributed by atoms with E-state index in [1.807, 2.05) is 26.0 Å². The molecule has 1 aromatic carbocycles. The predicted octanol–water partition coefficient (Wildman–Crippen LogP) is 2.63. The van der Waals surface area contributed by atoms with E-state index in [4.69, 9.17) is 16.3 Å². The van der Waals surface area contributed by atoms with Gasteiger partial charge in [-0.15, -0.1) is 0 Å². The molecule has 1 N–H and O–H groups in total. The van der Waals surface area contributed by atoms with Crippen molar-refractivity contribution >= 4 is 17.5 Å². The Bertz CT molecular complexity index is 355. The maximum atomic E-state index is 11.6. The van der Waals surface area contributed by atoms with Gasteiger partial charge in [0.1, 0.15) is 5.75 Å². The molecule has 0 aliphatic carbocycles. The fourth-order valence-electron chi connectivity index (χ4n) is 1.30. The molecular formula is C12H16ClNO2. The number of amides is 1. The second-order valence-electron chi connectivity index (χ2n) is 3.34. The smallest absolute Gasteiger partial charge is 0.261 e. The molecule has 1 atom stereocenters. The number of likely N-dealkylation sites (N-methyl/N-ethyl adjacent to an activating group) is 1. The molecule has 0 bridgehead atoms. The molecule has 0 unspecified atom stereocenters. The van der Waals surface area contributed by atoms with Gasteiger partial charge in [-0.05, 0) is 25.5 Å². The highest BCUT2D eigenvalue weighted by molar-refractivity contribution is 6.32. The molecule has 0 fully saturated rings. The van der Waals surface area contributed by atoms with Gasteiger partial charge in [-0.25, -0.2) is 0 Å². The van der Waals surface area contributed by atoms with Gasteiger partial charge in [0.2, 0.25) is 0 Å². The minimum absolute atomic E-state index is 0.107. The van der Waals surface area contributed by atoms with E-state index in [0.29, 0.717) is 23.7 Å². The fraction of sp³-hybridized carbons (Fsp3) is 0.417. The largest absolute Gasteiger partial charge is 0.479 e. The van der Waals surface area contributed by atoms with Gasteiger partial charge in [0.15, 0.2) is 6.10 Å². The van der Waals surface area contributed by atoms with Crippen molar-refractivity contribution in [2.75, 3.05) is 6.54 Å². The lowest BCUT2D eigenvalue weighted by Gasteiger charge is -2.17. The number of carbonyl (C=O) groups excluding carboxylic acids is 1. The maximum Gasteiger partial charge on any atom is 0.261 e. The van der Waals surface area contributed by atoms with Crippen LogP contribution in [0.4, 0.5) is 0 Å². The second-order valence-corrected chi connectivity index (χ2v) is 3.75. The summed E-state index contributed by atoms with van der Waals surface area (Å²) in [7, 11) is 0. The van der Waals surface area contributed by atoms with Gasteiger partial charge in [-0.2, -0.15) is 0 Å². The number of benzene rings is 1. The fourth-order valence-corrected chi connectivity index (χ4v) is 1.48. The van der Waals surface area contributed by atoms with Crippen molar-refractivity contribution in [1.29, 1.82) is 0 Å². The maximum absolute atomic E-state index is 11.6. The average Bonchev–Trinajstić information content (AvgIpc) is 2.28. The molecule has 0 radical (unpaired) electrons. The lowest BCUT2D eigenvalue weighted by atomic mass is 10.2. The van der Waals surface area contributed by atoms with Crippen LogP contribution >= 0.6 is 11.6 Å². The summed E-state index contributed by atoms with van der Waals surface area (Å²) in [6.45, 7) is 4.37. The van der Waals surface area contributed by atoms with Crippen molar-refractivity contribution in [3.8, 4) is 5.75 Å². The van der Waals surface area contributed by atoms with Crippen LogP contribution in [-0.2, 0) is 4.79 Å². The Labute approximate surface area is 101 Å². The van der Waals surface area contributed by atoms with E-state index in [1.54, 1.807) is 12.1 Å². The predicted molar refractivity (Wildman–Crippen MR) is 64.8 cm³/mol. The molecule has 1 aromatic rings. The third-order valence-electron chi connectivity index (χ3n) is 2.12. The van der Waals surface area contributed by atoms with Gasteiger partial charge in [-0.3, -0.25) is 4.79 Å². The van der Waals surface area contributed by atoms with E-state index in [0.717, 1.165) is 0 Å². The van der Waals surface area contributed by atoms with Gasteiger partial charge >= 0.3 is 0 Å². The topological polar surface area (TPSA) is 38.3 Å². The van der Waals surface area contributed by atoms with Crippen LogP contribution in [0.3, 0.4) is 0 Å². The third kappa shape index (κ3) is 3.42. The Morgan fingerprint density at radius 3 is 2.69 bits per heavy atom. The Balaban J connectivity index is 2.70. The number of hydrogen-bond acceptors (Lipinski definition) is 2. The van der Waals surface area contributed by atoms with Crippen molar-refractivity contribution in [1.82, 2.24) is 5.32 Å². The molecule has 1 rings (SSSR count). The standard InChI is InChI=1S/C12H16ClNO2/c1-3-10(12(15)14-4-2)16-11-8-6-5-7-9(11)13/h5-8,10H,3-4H2,1-2H3,(H,14,15)/t10-/m1/s1. The molecule has 3 nitrogen and oxygen atoms in total. The molecule has 0 aromatic heterocycles. The molecule has 1 amide bonds.